The fourth-order valence-electron chi connectivity index (χ4n) is 5.48. The molecule has 6 aromatic rings. The Kier molecular flexibility index (Phi) is 26.3. The summed E-state index contributed by atoms with van der Waals surface area (Å²) in [6.45, 7) is 11.8. The maximum absolute atomic E-state index is 4.83. The van der Waals surface area contributed by atoms with Gasteiger partial charge in [0, 0.05) is 0 Å². The predicted molar refractivity (Wildman–Crippen MR) is 235 cm³/mol. The number of allylic oxidation sites excluding steroid dienone is 2. The Labute approximate surface area is 345 Å². The molecule has 6 rings (SSSR count). The van der Waals surface area contributed by atoms with Crippen molar-refractivity contribution in [2.45, 2.75) is 26.7 Å². The Morgan fingerprint density at radius 3 is 0.846 bits per heavy atom. The number of rotatable bonds is 11. The first-order valence-corrected chi connectivity index (χ1v) is 27.2. The summed E-state index contributed by atoms with van der Waals surface area (Å²) in [5.74, 6) is 0. The molecule has 0 amide bonds. The van der Waals surface area contributed by atoms with Crippen LogP contribution in [0.15, 0.2) is 194 Å². The van der Waals surface area contributed by atoms with Crippen LogP contribution in [0, 0.1) is 0 Å². The smallest absolute Gasteiger partial charge is 0.0620 e. The molecule has 0 saturated heterocycles. The van der Waals surface area contributed by atoms with Gasteiger partial charge < -0.3 is 0 Å². The van der Waals surface area contributed by atoms with Gasteiger partial charge in [-0.1, -0.05) is 96.8 Å². The fraction of sp³-hybridized carbons (Fsp3) is 0.136. The van der Waals surface area contributed by atoms with E-state index in [-0.39, 0.29) is 26.8 Å². The second-order valence-corrected chi connectivity index (χ2v) is 21.3. The van der Waals surface area contributed by atoms with Gasteiger partial charge in [0.25, 0.3) is 0 Å². The van der Waals surface area contributed by atoms with Crippen LogP contribution in [-0.4, -0.2) is 12.3 Å². The molecule has 6 aromatic carbocycles. The molecule has 0 nitrogen and oxygen atoms in total. The Hall–Kier alpha value is -1.86. The third-order valence-corrected chi connectivity index (χ3v) is 13.7. The Bertz CT molecular complexity index is 1510. The third-order valence-electron chi connectivity index (χ3n) is 7.59. The fourth-order valence-corrected chi connectivity index (χ4v) is 11.7. The molecule has 0 aliphatic carbocycles. The number of halogens is 4. The first-order valence-electron chi connectivity index (χ1n) is 16.7. The molecule has 0 N–H and O–H groups in total. The summed E-state index contributed by atoms with van der Waals surface area (Å²) in [5.41, 5.74) is 5.17. The van der Waals surface area contributed by atoms with Crippen molar-refractivity contribution in [3.8, 4) is 0 Å². The number of hydrogen-bond acceptors (Lipinski definition) is 0. The van der Waals surface area contributed by atoms with E-state index in [0.29, 0.717) is 0 Å². The summed E-state index contributed by atoms with van der Waals surface area (Å²) < 4.78 is 0. The zero-order chi connectivity index (χ0) is 37.8. The van der Waals surface area contributed by atoms with Gasteiger partial charge in [-0.3, -0.25) is 0 Å². The van der Waals surface area contributed by atoms with Crippen molar-refractivity contribution in [2.24, 2.45) is 0 Å². The first-order chi connectivity index (χ1) is 25.3. The topological polar surface area (TPSA) is 0 Å². The van der Waals surface area contributed by atoms with Crippen LogP contribution in [0.4, 0.5) is 0 Å². The number of benzene rings is 4. The standard InChI is InChI=1S/C26H24P2.2C9H11.4ClH.2Cr/c1-5-13-23(14-6-1)27(24-15-7-2-8-16-24)21-22-28(25-17-9-3-10-18-25)26-19-11-4-12-20-26;2*1-8(2)7-9-5-3-4-6-9;;;;;;/h1-20H,21-22H2;2*3-6H,1,7H2,2H3;4*1H;;/q;2*-1;;;;;2*+2/p-2. The van der Waals surface area contributed by atoms with Crippen LogP contribution in [0.1, 0.15) is 25.0 Å². The predicted octanol–water partition coefficient (Wildman–Crippen LogP) is 12.5. The van der Waals surface area contributed by atoms with Crippen LogP contribution in [0.25, 0.3) is 0 Å². The molecule has 0 atom stereocenters. The van der Waals surface area contributed by atoms with Crippen molar-refractivity contribution < 1.29 is 26.8 Å². The summed E-state index contributed by atoms with van der Waals surface area (Å²) in [6, 6.07) is 61.2. The molecule has 8 heteroatoms. The zero-order valence-electron chi connectivity index (χ0n) is 29.7. The second kappa shape index (κ2) is 29.5. The minimum absolute atomic E-state index is 0.181. The van der Waals surface area contributed by atoms with Crippen molar-refractivity contribution in [1.29, 1.82) is 0 Å². The largest absolute Gasteiger partial charge is 0.101 e. The zero-order valence-corrected chi connectivity index (χ0v) is 37.3. The van der Waals surface area contributed by atoms with Gasteiger partial charge in [-0.2, -0.15) is 35.4 Å². The van der Waals surface area contributed by atoms with Gasteiger partial charge in [0.05, 0.1) is 37.1 Å². The van der Waals surface area contributed by atoms with Crippen LogP contribution < -0.4 is 21.2 Å². The van der Waals surface area contributed by atoms with E-state index in [1.54, 1.807) is 0 Å². The molecule has 0 aromatic heterocycles. The molecule has 0 aliphatic heterocycles. The Morgan fingerprint density at radius 1 is 0.442 bits per heavy atom. The van der Waals surface area contributed by atoms with Crippen molar-refractivity contribution in [1.82, 2.24) is 0 Å². The molecular weight excluding hydrogens is 836 g/mol. The third kappa shape index (κ3) is 20.0. The van der Waals surface area contributed by atoms with E-state index in [4.69, 9.17) is 40.2 Å². The van der Waals surface area contributed by atoms with Crippen LogP contribution in [-0.2, 0) is 39.6 Å². The molecule has 274 valence electrons. The van der Waals surface area contributed by atoms with Gasteiger partial charge >= 0.3 is 66.9 Å². The molecule has 0 spiro atoms. The van der Waals surface area contributed by atoms with Gasteiger partial charge in [0.2, 0.25) is 0 Å². The molecule has 0 saturated carbocycles. The van der Waals surface area contributed by atoms with E-state index >= 15 is 0 Å². The van der Waals surface area contributed by atoms with Gasteiger partial charge in [-0.15, -0.1) is 13.2 Å². The van der Waals surface area contributed by atoms with Crippen LogP contribution in [0.3, 0.4) is 0 Å². The van der Waals surface area contributed by atoms with E-state index < -0.39 is 15.8 Å². The van der Waals surface area contributed by atoms with Crippen LogP contribution in [0.2, 0.25) is 0 Å². The molecule has 0 unspecified atom stereocenters. The Balaban J connectivity index is 0.000000317. The van der Waals surface area contributed by atoms with Crippen LogP contribution >= 0.6 is 56.0 Å². The maximum atomic E-state index is 4.83. The normalized spacial score (nSPS) is 9.92. The molecule has 52 heavy (non-hydrogen) atoms. The van der Waals surface area contributed by atoms with Gasteiger partial charge in [-0.25, -0.2) is 24.3 Å². The molecular formula is C44H48Cl4Cr2P2. The SMILES string of the molecule is C=C(C)C[c-]1cccc1.C=C(C)C[c-]1cccc1.[Cl][Cr][Cl].[Cl][Cr][Cl].c1ccc([PH+](CC[PH+](c2ccccc2)c2ccccc2)c2ccccc2)cc1. The van der Waals surface area contributed by atoms with Crippen LogP contribution in [0.5, 0.6) is 0 Å². The summed E-state index contributed by atoms with van der Waals surface area (Å²) >= 11 is -0.361. The molecule has 0 bridgehead atoms. The van der Waals surface area contributed by atoms with E-state index in [2.05, 4.69) is 183 Å². The average Bonchev–Trinajstić information content (AvgIpc) is 3.87. The summed E-state index contributed by atoms with van der Waals surface area (Å²) in [4.78, 5) is 0. The molecule has 0 radical (unpaired) electrons. The second-order valence-electron chi connectivity index (χ2n) is 11.9. The van der Waals surface area contributed by atoms with Gasteiger partial charge in [0.1, 0.15) is 12.3 Å². The minimum atomic E-state index is -0.783. The van der Waals surface area contributed by atoms with E-state index in [9.17, 15) is 0 Å². The van der Waals surface area contributed by atoms with Crippen molar-refractivity contribution in [2.75, 3.05) is 12.3 Å². The van der Waals surface area contributed by atoms with E-state index in [0.717, 1.165) is 12.8 Å². The minimum Gasteiger partial charge on any atom is -0.0620 e. The van der Waals surface area contributed by atoms with Crippen molar-refractivity contribution >= 4 is 77.3 Å². The Morgan fingerprint density at radius 2 is 0.654 bits per heavy atom. The van der Waals surface area contributed by atoms with Crippen molar-refractivity contribution in [3.63, 3.8) is 0 Å². The first kappa shape index (κ1) is 46.3. The summed E-state index contributed by atoms with van der Waals surface area (Å²) in [7, 11) is 17.7. The quantitative estimate of drug-likeness (QED) is 0.0691. The molecule has 0 fully saturated rings. The van der Waals surface area contributed by atoms with Gasteiger partial charge in [-0.05, 0) is 62.4 Å². The van der Waals surface area contributed by atoms with E-state index in [1.165, 1.54) is 55.8 Å². The van der Waals surface area contributed by atoms with E-state index in [1.807, 2.05) is 13.8 Å². The summed E-state index contributed by atoms with van der Waals surface area (Å²) in [5, 5.41) is 6.06. The average molecular weight is 885 g/mol. The molecule has 0 aliphatic rings. The monoisotopic (exact) mass is 882 g/mol. The molecule has 0 heterocycles. The summed E-state index contributed by atoms with van der Waals surface area (Å²) in [6.07, 6.45) is 4.56. The number of hydrogen-bond donors (Lipinski definition) is 0. The van der Waals surface area contributed by atoms with Gasteiger partial charge in [0.15, 0.2) is 0 Å². The van der Waals surface area contributed by atoms with Crippen molar-refractivity contribution in [3.05, 3.63) is 205 Å². The maximum Gasteiger partial charge on any atom is 0.101 e.